The summed E-state index contributed by atoms with van der Waals surface area (Å²) in [5.41, 5.74) is 1.50. The lowest BCUT2D eigenvalue weighted by Crippen LogP contribution is -2.34. The first-order chi connectivity index (χ1) is 10.0. The van der Waals surface area contributed by atoms with E-state index in [1.165, 1.54) is 0 Å². The van der Waals surface area contributed by atoms with E-state index in [1.54, 1.807) is 29.0 Å². The Labute approximate surface area is 135 Å². The van der Waals surface area contributed by atoms with Crippen molar-refractivity contribution < 1.29 is 14.9 Å². The second kappa shape index (κ2) is 9.58. The molecule has 0 saturated carbocycles. The van der Waals surface area contributed by atoms with Crippen LogP contribution >= 0.6 is 21.6 Å². The van der Waals surface area contributed by atoms with Gasteiger partial charge in [-0.15, -0.1) is 0 Å². The molecule has 0 aliphatic carbocycles. The summed E-state index contributed by atoms with van der Waals surface area (Å²) >= 11 is 0. The van der Waals surface area contributed by atoms with Gasteiger partial charge in [0, 0.05) is 17.8 Å². The molecule has 0 heterocycles. The Morgan fingerprint density at radius 2 is 1.76 bits per heavy atom. The molecule has 120 valence electrons. The molecule has 0 aromatic heterocycles. The Morgan fingerprint density at radius 3 is 2.29 bits per heavy atom. The Hall–Kier alpha value is -0.400. The summed E-state index contributed by atoms with van der Waals surface area (Å²) < 4.78 is 5.86. The van der Waals surface area contributed by atoms with Gasteiger partial charge >= 0.3 is 0 Å². The third-order valence-corrected chi connectivity index (χ3v) is 5.41. The molecule has 0 saturated heterocycles. The summed E-state index contributed by atoms with van der Waals surface area (Å²) in [6.45, 7) is 6.54. The van der Waals surface area contributed by atoms with Gasteiger partial charge in [0.15, 0.2) is 0 Å². The Bertz CT molecular complexity index is 405. The van der Waals surface area contributed by atoms with Crippen LogP contribution in [0, 0.1) is 0 Å². The van der Waals surface area contributed by atoms with Crippen molar-refractivity contribution in [2.45, 2.75) is 31.8 Å². The van der Waals surface area contributed by atoms with Gasteiger partial charge in [0.1, 0.15) is 12.4 Å². The third-order valence-electron chi connectivity index (χ3n) is 2.80. The number of aliphatic hydroxyl groups excluding tert-OH is 2. The van der Waals surface area contributed by atoms with Crippen LogP contribution in [0.1, 0.15) is 25.0 Å². The van der Waals surface area contributed by atoms with Gasteiger partial charge in [0.2, 0.25) is 0 Å². The molecule has 0 fully saturated rings. The van der Waals surface area contributed by atoms with Crippen LogP contribution in [0.3, 0.4) is 0 Å². The lowest BCUT2D eigenvalue weighted by Gasteiger charge is -2.22. The van der Waals surface area contributed by atoms with E-state index in [2.05, 4.69) is 25.4 Å². The van der Waals surface area contributed by atoms with Gasteiger partial charge in [-0.1, -0.05) is 27.7 Å². The summed E-state index contributed by atoms with van der Waals surface area (Å²) in [5.74, 6) is 0.685. The van der Waals surface area contributed by atoms with E-state index in [1.807, 2.05) is 10.8 Å². The van der Waals surface area contributed by atoms with E-state index in [-0.39, 0.29) is 18.0 Å². The zero-order valence-corrected chi connectivity index (χ0v) is 14.5. The number of ether oxygens (including phenoxy) is 1. The fourth-order valence-corrected chi connectivity index (χ4v) is 4.02. The van der Waals surface area contributed by atoms with Crippen LogP contribution in [0.4, 0.5) is 0 Å². The number of rotatable bonds is 10. The molecular formula is C15H25NO3S2. The normalized spacial score (nSPS) is 11.7. The quantitative estimate of drug-likeness (QED) is 0.452. The Balaban J connectivity index is 2.35. The van der Waals surface area contributed by atoms with Crippen molar-refractivity contribution in [3.63, 3.8) is 0 Å². The van der Waals surface area contributed by atoms with E-state index in [0.29, 0.717) is 12.4 Å². The molecule has 0 unspecified atom stereocenters. The van der Waals surface area contributed by atoms with E-state index in [4.69, 9.17) is 4.74 Å². The lowest BCUT2D eigenvalue weighted by atomic mass is 10.1. The van der Waals surface area contributed by atoms with Crippen molar-refractivity contribution in [3.8, 4) is 5.75 Å². The number of hydrogen-bond donors (Lipinski definition) is 3. The van der Waals surface area contributed by atoms with Gasteiger partial charge in [0.05, 0.1) is 13.2 Å². The fourth-order valence-electron chi connectivity index (χ4n) is 1.88. The number of benzene rings is 1. The zero-order chi connectivity index (χ0) is 15.7. The minimum atomic E-state index is -0.0530. The first-order valence-electron chi connectivity index (χ1n) is 6.90. The topological polar surface area (TPSA) is 61.7 Å². The van der Waals surface area contributed by atoms with Crippen LogP contribution in [-0.2, 0) is 13.2 Å². The molecule has 4 nitrogen and oxygen atoms in total. The number of nitrogens with one attached hydrogen (secondary N) is 1. The summed E-state index contributed by atoms with van der Waals surface area (Å²) in [5, 5.41) is 21.7. The highest BCUT2D eigenvalue weighted by molar-refractivity contribution is 8.76. The number of aliphatic hydroxyl groups is 2. The second-order valence-electron chi connectivity index (χ2n) is 5.34. The monoisotopic (exact) mass is 331 g/mol. The summed E-state index contributed by atoms with van der Waals surface area (Å²) in [4.78, 5) is 0. The first-order valence-corrected chi connectivity index (χ1v) is 9.46. The molecule has 3 N–H and O–H groups in total. The van der Waals surface area contributed by atoms with Crippen LogP contribution < -0.4 is 10.1 Å². The predicted octanol–water partition coefficient (Wildman–Crippen LogP) is 2.43. The molecule has 0 amide bonds. The molecule has 0 atom stereocenters. The molecule has 0 radical (unpaired) electrons. The van der Waals surface area contributed by atoms with Crippen LogP contribution in [0.15, 0.2) is 18.2 Å². The third kappa shape index (κ3) is 7.42. The van der Waals surface area contributed by atoms with Crippen molar-refractivity contribution in [3.05, 3.63) is 29.3 Å². The van der Waals surface area contributed by atoms with Gasteiger partial charge in [0.25, 0.3) is 0 Å². The molecule has 1 rings (SSSR count). The lowest BCUT2D eigenvalue weighted by molar-refractivity contribution is 0.270. The highest BCUT2D eigenvalue weighted by Crippen LogP contribution is 2.32. The standard InChI is InChI=1S/C15H25NO3S2/c1-15(2,21-20-3)11-16-4-5-19-14-7-12(9-17)6-13(8-14)10-18/h6-8,16-18H,4-5,9-11H2,1-3H3. The van der Waals surface area contributed by atoms with Crippen LogP contribution in [0.2, 0.25) is 0 Å². The molecule has 0 bridgehead atoms. The second-order valence-corrected chi connectivity index (χ2v) is 8.44. The Kier molecular flexibility index (Phi) is 8.51. The summed E-state index contributed by atoms with van der Waals surface area (Å²) in [7, 11) is 3.63. The molecule has 0 aliphatic heterocycles. The van der Waals surface area contributed by atoms with Gasteiger partial charge in [-0.05, 0) is 43.4 Å². The smallest absolute Gasteiger partial charge is 0.120 e. The highest BCUT2D eigenvalue weighted by atomic mass is 33.1. The van der Waals surface area contributed by atoms with Crippen LogP contribution in [0.5, 0.6) is 5.75 Å². The molecule has 0 aliphatic rings. The summed E-state index contributed by atoms with van der Waals surface area (Å²) in [6.07, 6.45) is 2.09. The maximum absolute atomic E-state index is 9.18. The van der Waals surface area contributed by atoms with E-state index < -0.39 is 0 Å². The van der Waals surface area contributed by atoms with E-state index in [0.717, 1.165) is 24.2 Å². The molecule has 0 spiro atoms. The SMILES string of the molecule is CSSC(C)(C)CNCCOc1cc(CO)cc(CO)c1. The highest BCUT2D eigenvalue weighted by Gasteiger charge is 2.17. The maximum Gasteiger partial charge on any atom is 0.120 e. The van der Waals surface area contributed by atoms with Crippen LogP contribution in [-0.4, -0.2) is 40.9 Å². The zero-order valence-electron chi connectivity index (χ0n) is 12.9. The molecule has 21 heavy (non-hydrogen) atoms. The van der Waals surface area contributed by atoms with Gasteiger partial charge in [-0.3, -0.25) is 0 Å². The molecule has 1 aromatic carbocycles. The maximum atomic E-state index is 9.18. The van der Waals surface area contributed by atoms with Crippen LogP contribution in [0.25, 0.3) is 0 Å². The van der Waals surface area contributed by atoms with Gasteiger partial charge in [-0.2, -0.15) is 0 Å². The van der Waals surface area contributed by atoms with Crippen molar-refractivity contribution in [1.82, 2.24) is 5.32 Å². The van der Waals surface area contributed by atoms with E-state index >= 15 is 0 Å². The molecular weight excluding hydrogens is 306 g/mol. The average Bonchev–Trinajstić information content (AvgIpc) is 2.46. The minimum absolute atomic E-state index is 0.0530. The average molecular weight is 332 g/mol. The van der Waals surface area contributed by atoms with Crippen molar-refractivity contribution >= 4 is 21.6 Å². The summed E-state index contributed by atoms with van der Waals surface area (Å²) in [6, 6.07) is 5.37. The number of hydrogen-bond acceptors (Lipinski definition) is 6. The fraction of sp³-hybridized carbons (Fsp3) is 0.600. The molecule has 1 aromatic rings. The van der Waals surface area contributed by atoms with Crippen molar-refractivity contribution in [1.29, 1.82) is 0 Å². The van der Waals surface area contributed by atoms with Crippen molar-refractivity contribution in [2.24, 2.45) is 0 Å². The first kappa shape index (κ1) is 18.6. The van der Waals surface area contributed by atoms with Gasteiger partial charge < -0.3 is 20.3 Å². The van der Waals surface area contributed by atoms with Gasteiger partial charge in [-0.25, -0.2) is 0 Å². The Morgan fingerprint density at radius 1 is 1.14 bits per heavy atom. The molecule has 6 heteroatoms. The van der Waals surface area contributed by atoms with Crippen molar-refractivity contribution in [2.75, 3.05) is 26.0 Å². The predicted molar refractivity (Wildman–Crippen MR) is 91.8 cm³/mol. The largest absolute Gasteiger partial charge is 0.492 e. The minimum Gasteiger partial charge on any atom is -0.492 e. The van der Waals surface area contributed by atoms with E-state index in [9.17, 15) is 10.2 Å².